The molecule has 2 aliphatic rings. The summed E-state index contributed by atoms with van der Waals surface area (Å²) in [6.07, 6.45) is 0.134. The zero-order valence-corrected chi connectivity index (χ0v) is 18.5. The number of amides is 2. The van der Waals surface area contributed by atoms with Gasteiger partial charge in [-0.05, 0) is 62.6 Å². The average Bonchev–Trinajstić information content (AvgIpc) is 3.00. The predicted molar refractivity (Wildman–Crippen MR) is 123 cm³/mol. The van der Waals surface area contributed by atoms with E-state index in [1.807, 2.05) is 32.0 Å². The number of anilines is 2. The zero-order chi connectivity index (χ0) is 21.4. The summed E-state index contributed by atoms with van der Waals surface area (Å²) >= 11 is 1.39. The molecule has 0 bridgehead atoms. The smallest absolute Gasteiger partial charge is 0.244 e. The first-order valence-electron chi connectivity index (χ1n) is 10.0. The third-order valence-electron chi connectivity index (χ3n) is 5.56. The molecule has 6 nitrogen and oxygen atoms in total. The fourth-order valence-electron chi connectivity index (χ4n) is 3.76. The third-order valence-corrected chi connectivity index (χ3v) is 6.78. The number of thioether (sulfide) groups is 1. The van der Waals surface area contributed by atoms with E-state index in [-0.39, 0.29) is 18.2 Å². The van der Waals surface area contributed by atoms with E-state index in [0.29, 0.717) is 18.5 Å². The van der Waals surface area contributed by atoms with E-state index < -0.39 is 5.25 Å². The Hall–Kier alpha value is -2.80. The Morgan fingerprint density at radius 2 is 1.90 bits per heavy atom. The summed E-state index contributed by atoms with van der Waals surface area (Å²) in [6.45, 7) is 9.16. The summed E-state index contributed by atoms with van der Waals surface area (Å²) in [5.41, 5.74) is 6.51. The summed E-state index contributed by atoms with van der Waals surface area (Å²) < 4.78 is 0. The summed E-state index contributed by atoms with van der Waals surface area (Å²) in [5, 5.41) is 3.19. The Bertz CT molecular complexity index is 1050. The van der Waals surface area contributed by atoms with Crippen LogP contribution in [-0.2, 0) is 9.59 Å². The third kappa shape index (κ3) is 4.07. The lowest BCUT2D eigenvalue weighted by Gasteiger charge is -2.33. The number of amidine groups is 1. The molecule has 1 N–H and O–H groups in total. The molecule has 1 atom stereocenters. The highest BCUT2D eigenvalue weighted by Crippen LogP contribution is 2.33. The molecule has 4 rings (SSSR count). The van der Waals surface area contributed by atoms with Crippen LogP contribution in [0.2, 0.25) is 0 Å². The summed E-state index contributed by atoms with van der Waals surface area (Å²) in [7, 11) is 0. The van der Waals surface area contributed by atoms with Crippen LogP contribution in [0, 0.1) is 27.7 Å². The number of hydrogen-bond acceptors (Lipinski definition) is 5. The highest BCUT2D eigenvalue weighted by Gasteiger charge is 2.41. The number of rotatable bonds is 4. The largest absolute Gasteiger partial charge is 0.333 e. The molecule has 0 aliphatic carbocycles. The van der Waals surface area contributed by atoms with E-state index in [1.54, 1.807) is 4.90 Å². The van der Waals surface area contributed by atoms with Gasteiger partial charge in [0.1, 0.15) is 18.6 Å². The normalized spacial score (nSPS) is 18.3. The number of benzene rings is 2. The maximum Gasteiger partial charge on any atom is 0.244 e. The van der Waals surface area contributed by atoms with Gasteiger partial charge in [-0.2, -0.15) is 0 Å². The lowest BCUT2D eigenvalue weighted by molar-refractivity contribution is -0.128. The van der Waals surface area contributed by atoms with Gasteiger partial charge in [-0.15, -0.1) is 0 Å². The van der Waals surface area contributed by atoms with Crippen molar-refractivity contribution in [3.8, 4) is 0 Å². The van der Waals surface area contributed by atoms with Gasteiger partial charge in [0, 0.05) is 17.8 Å². The van der Waals surface area contributed by atoms with Gasteiger partial charge in [-0.3, -0.25) is 14.5 Å². The highest BCUT2D eigenvalue weighted by atomic mass is 32.2. The SMILES string of the molecule is Cc1ccc(N2CN=C3SC(CC(=O)Nc4ccc(C)c(C)c4)C(=O)N3C2)c(C)c1. The van der Waals surface area contributed by atoms with Crippen LogP contribution in [0.25, 0.3) is 0 Å². The second-order valence-electron chi connectivity index (χ2n) is 7.98. The van der Waals surface area contributed by atoms with E-state index in [0.717, 1.165) is 22.5 Å². The molecular formula is C23H26N4O2S. The molecule has 2 aromatic rings. The van der Waals surface area contributed by atoms with E-state index in [2.05, 4.69) is 47.3 Å². The van der Waals surface area contributed by atoms with Gasteiger partial charge in [0.05, 0.1) is 0 Å². The second kappa shape index (κ2) is 8.14. The van der Waals surface area contributed by atoms with Crippen molar-refractivity contribution in [2.75, 3.05) is 23.6 Å². The van der Waals surface area contributed by atoms with Crippen LogP contribution in [0.3, 0.4) is 0 Å². The first-order chi connectivity index (χ1) is 14.3. The van der Waals surface area contributed by atoms with Crippen molar-refractivity contribution in [2.24, 2.45) is 4.99 Å². The molecule has 2 heterocycles. The summed E-state index contributed by atoms with van der Waals surface area (Å²) in [5.74, 6) is -0.209. The van der Waals surface area contributed by atoms with Crippen molar-refractivity contribution in [2.45, 2.75) is 39.4 Å². The molecule has 30 heavy (non-hydrogen) atoms. The Balaban J connectivity index is 1.41. The number of aryl methyl sites for hydroxylation is 4. The molecule has 0 spiro atoms. The van der Waals surface area contributed by atoms with E-state index in [9.17, 15) is 9.59 Å². The van der Waals surface area contributed by atoms with Gasteiger partial charge in [-0.1, -0.05) is 35.5 Å². The quantitative estimate of drug-likeness (QED) is 0.809. The summed E-state index contributed by atoms with van der Waals surface area (Å²) in [4.78, 5) is 33.9. The topological polar surface area (TPSA) is 65.0 Å². The Kier molecular flexibility index (Phi) is 5.56. The summed E-state index contributed by atoms with van der Waals surface area (Å²) in [6, 6.07) is 12.1. The number of carbonyl (C=O) groups excluding carboxylic acids is 2. The van der Waals surface area contributed by atoms with Gasteiger partial charge in [0.15, 0.2) is 5.17 Å². The van der Waals surface area contributed by atoms with Crippen LogP contribution in [0.4, 0.5) is 11.4 Å². The molecule has 2 amide bonds. The number of nitrogens with one attached hydrogen (secondary N) is 1. The lowest BCUT2D eigenvalue weighted by Crippen LogP contribution is -2.46. The molecule has 0 radical (unpaired) electrons. The van der Waals surface area contributed by atoms with Crippen LogP contribution in [-0.4, -0.2) is 40.5 Å². The maximum atomic E-state index is 13.0. The first-order valence-corrected chi connectivity index (χ1v) is 10.9. The average molecular weight is 423 g/mol. The van der Waals surface area contributed by atoms with Gasteiger partial charge in [0.2, 0.25) is 11.8 Å². The molecule has 2 aromatic carbocycles. The Morgan fingerprint density at radius 3 is 2.63 bits per heavy atom. The Labute approximate surface area is 181 Å². The molecule has 1 saturated heterocycles. The van der Waals surface area contributed by atoms with Gasteiger partial charge >= 0.3 is 0 Å². The maximum absolute atomic E-state index is 13.0. The predicted octanol–water partition coefficient (Wildman–Crippen LogP) is 3.98. The minimum atomic E-state index is -0.436. The van der Waals surface area contributed by atoms with E-state index in [4.69, 9.17) is 0 Å². The van der Waals surface area contributed by atoms with Crippen LogP contribution >= 0.6 is 11.8 Å². The van der Waals surface area contributed by atoms with Crippen molar-refractivity contribution in [3.63, 3.8) is 0 Å². The van der Waals surface area contributed by atoms with Crippen molar-refractivity contribution >= 4 is 40.1 Å². The van der Waals surface area contributed by atoms with E-state index >= 15 is 0 Å². The minimum Gasteiger partial charge on any atom is -0.333 e. The lowest BCUT2D eigenvalue weighted by atomic mass is 10.1. The monoisotopic (exact) mass is 422 g/mol. The fraction of sp³-hybridized carbons (Fsp3) is 0.348. The molecule has 0 aromatic heterocycles. The standard InChI is InChI=1S/C23H26N4O2S/c1-14-5-8-19(17(4)9-14)26-12-24-23-27(13-26)22(29)20(30-23)11-21(28)25-18-7-6-15(2)16(3)10-18/h5-10,20H,11-13H2,1-4H3,(H,25,28). The molecular weight excluding hydrogens is 396 g/mol. The molecule has 7 heteroatoms. The number of nitrogens with zero attached hydrogens (tertiary/aromatic N) is 3. The molecule has 0 saturated carbocycles. The van der Waals surface area contributed by atoms with E-state index in [1.165, 1.54) is 22.9 Å². The molecule has 156 valence electrons. The van der Waals surface area contributed by atoms with Crippen LogP contribution < -0.4 is 10.2 Å². The molecule has 1 unspecified atom stereocenters. The first kappa shape index (κ1) is 20.5. The zero-order valence-electron chi connectivity index (χ0n) is 17.7. The number of fused-ring (bicyclic) bond motifs is 1. The van der Waals surface area contributed by atoms with Crippen LogP contribution in [0.1, 0.15) is 28.7 Å². The number of carbonyl (C=O) groups is 2. The van der Waals surface area contributed by atoms with Crippen LogP contribution in [0.5, 0.6) is 0 Å². The Morgan fingerprint density at radius 1 is 1.10 bits per heavy atom. The molecule has 1 fully saturated rings. The van der Waals surface area contributed by atoms with Gasteiger partial charge in [-0.25, -0.2) is 4.99 Å². The van der Waals surface area contributed by atoms with Crippen molar-refractivity contribution in [1.29, 1.82) is 0 Å². The van der Waals surface area contributed by atoms with Crippen molar-refractivity contribution in [1.82, 2.24) is 4.90 Å². The van der Waals surface area contributed by atoms with Crippen molar-refractivity contribution < 1.29 is 9.59 Å². The van der Waals surface area contributed by atoms with Gasteiger partial charge in [0.25, 0.3) is 0 Å². The van der Waals surface area contributed by atoms with Gasteiger partial charge < -0.3 is 10.2 Å². The second-order valence-corrected chi connectivity index (χ2v) is 9.15. The number of aliphatic imine (C=N–C) groups is 1. The minimum absolute atomic E-state index is 0.0524. The van der Waals surface area contributed by atoms with Crippen LogP contribution in [0.15, 0.2) is 41.4 Å². The van der Waals surface area contributed by atoms with Crippen molar-refractivity contribution in [3.05, 3.63) is 58.7 Å². The number of hydrogen-bond donors (Lipinski definition) is 1. The highest BCUT2D eigenvalue weighted by molar-refractivity contribution is 8.15. The fourth-order valence-corrected chi connectivity index (χ4v) is 4.89. The molecule has 2 aliphatic heterocycles.